The van der Waals surface area contributed by atoms with Crippen molar-refractivity contribution in [2.24, 2.45) is 5.73 Å². The van der Waals surface area contributed by atoms with E-state index in [1.807, 2.05) is 18.2 Å². The minimum atomic E-state index is -0.586. The molecule has 0 radical (unpaired) electrons. The van der Waals surface area contributed by atoms with Gasteiger partial charge in [-0.1, -0.05) is 17.7 Å². The summed E-state index contributed by atoms with van der Waals surface area (Å²) in [5.41, 5.74) is 7.09. The van der Waals surface area contributed by atoms with Gasteiger partial charge in [0.2, 0.25) is 6.79 Å². The van der Waals surface area contributed by atoms with Gasteiger partial charge in [-0.3, -0.25) is 4.79 Å². The first-order valence-electron chi connectivity index (χ1n) is 7.93. The van der Waals surface area contributed by atoms with Crippen molar-refractivity contribution in [2.75, 3.05) is 20.5 Å². The van der Waals surface area contributed by atoms with Crippen LogP contribution >= 0.6 is 11.6 Å². The quantitative estimate of drug-likeness (QED) is 0.731. The predicted molar refractivity (Wildman–Crippen MR) is 95.8 cm³/mol. The summed E-state index contributed by atoms with van der Waals surface area (Å²) in [5, 5.41) is 3.68. The van der Waals surface area contributed by atoms with Crippen LogP contribution in [-0.2, 0) is 17.9 Å². The number of carbonyl (C=O) groups excluding carboxylic acids is 1. The smallest absolute Gasteiger partial charge is 0.255 e. The van der Waals surface area contributed by atoms with Gasteiger partial charge in [0, 0.05) is 13.1 Å². The molecule has 3 rings (SSSR count). The number of methoxy groups -OCH3 is 1. The monoisotopic (exact) mass is 378 g/mol. The number of fused-ring (bicyclic) bond motifs is 1. The Morgan fingerprint density at radius 2 is 1.96 bits per heavy atom. The van der Waals surface area contributed by atoms with E-state index in [1.54, 1.807) is 12.1 Å². The molecule has 0 fully saturated rings. The molecule has 2 aromatic carbocycles. The first kappa shape index (κ1) is 18.2. The number of hydrogen-bond donors (Lipinski definition) is 2. The molecule has 0 saturated carbocycles. The molecule has 1 heterocycles. The topological polar surface area (TPSA) is 92.0 Å². The highest BCUT2D eigenvalue weighted by Crippen LogP contribution is 2.36. The maximum atomic E-state index is 10.9. The van der Waals surface area contributed by atoms with Gasteiger partial charge in [-0.25, -0.2) is 0 Å². The van der Waals surface area contributed by atoms with Crippen LogP contribution in [0, 0.1) is 0 Å². The normalized spacial score (nSPS) is 12.1. The van der Waals surface area contributed by atoms with Crippen LogP contribution in [0.4, 0.5) is 0 Å². The Bertz CT molecular complexity index is 812. The minimum Gasteiger partial charge on any atom is -0.493 e. The summed E-state index contributed by atoms with van der Waals surface area (Å²) in [6.45, 7) is 1.21. The Hall–Kier alpha value is -2.64. The lowest BCUT2D eigenvalue weighted by Crippen LogP contribution is -2.20. The van der Waals surface area contributed by atoms with Crippen molar-refractivity contribution < 1.29 is 23.7 Å². The van der Waals surface area contributed by atoms with Crippen LogP contribution in [0.2, 0.25) is 5.02 Å². The summed E-state index contributed by atoms with van der Waals surface area (Å²) in [7, 11) is 1.51. The van der Waals surface area contributed by atoms with Crippen LogP contribution in [0.3, 0.4) is 0 Å². The molecule has 3 N–H and O–H groups in total. The van der Waals surface area contributed by atoms with Gasteiger partial charge in [-0.2, -0.15) is 0 Å². The second-order valence-electron chi connectivity index (χ2n) is 5.66. The van der Waals surface area contributed by atoms with Gasteiger partial charge in [0.05, 0.1) is 12.1 Å². The number of nitrogens with one attached hydrogen (secondary N) is 1. The molecule has 0 bridgehead atoms. The van der Waals surface area contributed by atoms with Crippen molar-refractivity contribution in [3.05, 3.63) is 46.5 Å². The second-order valence-corrected chi connectivity index (χ2v) is 6.06. The highest BCUT2D eigenvalue weighted by atomic mass is 35.5. The van der Waals surface area contributed by atoms with E-state index in [9.17, 15) is 4.79 Å². The summed E-state index contributed by atoms with van der Waals surface area (Å²) in [6.07, 6.45) is 0. The van der Waals surface area contributed by atoms with E-state index in [2.05, 4.69) is 5.32 Å². The molecule has 1 aliphatic rings. The third kappa shape index (κ3) is 4.30. The van der Waals surface area contributed by atoms with Crippen molar-refractivity contribution in [3.8, 4) is 23.0 Å². The van der Waals surface area contributed by atoms with E-state index >= 15 is 0 Å². The van der Waals surface area contributed by atoms with Gasteiger partial charge in [-0.05, 0) is 35.4 Å². The molecule has 0 aliphatic carbocycles. The zero-order chi connectivity index (χ0) is 18.5. The average Bonchev–Trinajstić information content (AvgIpc) is 3.08. The minimum absolute atomic E-state index is 0.259. The molecular formula is C18H19ClN2O5. The summed E-state index contributed by atoms with van der Waals surface area (Å²) >= 11 is 6.24. The molecule has 0 saturated heterocycles. The summed E-state index contributed by atoms with van der Waals surface area (Å²) < 4.78 is 21.3. The third-order valence-electron chi connectivity index (χ3n) is 3.74. The first-order valence-corrected chi connectivity index (χ1v) is 8.31. The fourth-order valence-corrected chi connectivity index (χ4v) is 2.85. The Morgan fingerprint density at radius 1 is 1.19 bits per heavy atom. The molecule has 0 atom stereocenters. The van der Waals surface area contributed by atoms with Crippen LogP contribution in [0.1, 0.15) is 11.1 Å². The molecule has 0 spiro atoms. The maximum Gasteiger partial charge on any atom is 0.255 e. The largest absolute Gasteiger partial charge is 0.493 e. The highest BCUT2D eigenvalue weighted by molar-refractivity contribution is 6.32. The van der Waals surface area contributed by atoms with Gasteiger partial charge in [-0.15, -0.1) is 0 Å². The van der Waals surface area contributed by atoms with Gasteiger partial charge in [0.15, 0.2) is 29.6 Å². The molecule has 2 aromatic rings. The van der Waals surface area contributed by atoms with Crippen LogP contribution in [0.25, 0.3) is 0 Å². The molecule has 0 aromatic heterocycles. The van der Waals surface area contributed by atoms with Gasteiger partial charge in [0.25, 0.3) is 5.91 Å². The maximum absolute atomic E-state index is 10.9. The molecular weight excluding hydrogens is 360 g/mol. The van der Waals surface area contributed by atoms with Crippen molar-refractivity contribution in [2.45, 2.75) is 13.1 Å². The molecule has 0 unspecified atom stereocenters. The SMILES string of the molecule is COc1cc(CNCc2ccc3c(c2)OCO3)cc(Cl)c1OCC(N)=O. The lowest BCUT2D eigenvalue weighted by Gasteiger charge is -2.14. The van der Waals surface area contributed by atoms with Crippen molar-refractivity contribution in [1.29, 1.82) is 0 Å². The zero-order valence-corrected chi connectivity index (χ0v) is 15.0. The van der Waals surface area contributed by atoms with Crippen molar-refractivity contribution in [1.82, 2.24) is 5.32 Å². The van der Waals surface area contributed by atoms with Crippen molar-refractivity contribution in [3.63, 3.8) is 0 Å². The first-order chi connectivity index (χ1) is 12.6. The van der Waals surface area contributed by atoms with Crippen LogP contribution in [0.15, 0.2) is 30.3 Å². The molecule has 7 nitrogen and oxygen atoms in total. The van der Waals surface area contributed by atoms with E-state index in [1.165, 1.54) is 7.11 Å². The number of nitrogens with two attached hydrogens (primary N) is 1. The van der Waals surface area contributed by atoms with E-state index in [4.69, 9.17) is 36.3 Å². The molecule has 138 valence electrons. The molecule has 1 aliphatic heterocycles. The number of carbonyl (C=O) groups is 1. The second kappa shape index (κ2) is 8.16. The van der Waals surface area contributed by atoms with Crippen LogP contribution in [0.5, 0.6) is 23.0 Å². The summed E-state index contributed by atoms with van der Waals surface area (Å²) in [5.74, 6) is 1.67. The summed E-state index contributed by atoms with van der Waals surface area (Å²) in [4.78, 5) is 10.9. The fourth-order valence-electron chi connectivity index (χ4n) is 2.56. The number of ether oxygens (including phenoxy) is 4. The van der Waals surface area contributed by atoms with Gasteiger partial charge in [0.1, 0.15) is 0 Å². The molecule has 26 heavy (non-hydrogen) atoms. The molecule has 1 amide bonds. The average molecular weight is 379 g/mol. The van der Waals surface area contributed by atoms with Gasteiger partial charge >= 0.3 is 0 Å². The Balaban J connectivity index is 1.62. The standard InChI is InChI=1S/C18H19ClN2O5/c1-23-16-6-12(4-13(19)18(16)24-9-17(20)22)8-21-7-11-2-3-14-15(5-11)26-10-25-14/h2-6,21H,7-10H2,1H3,(H2,20,22). The van der Waals surface area contributed by atoms with E-state index in [-0.39, 0.29) is 13.4 Å². The Kier molecular flexibility index (Phi) is 5.70. The number of benzene rings is 2. The van der Waals surface area contributed by atoms with Gasteiger partial charge < -0.3 is 30.0 Å². The Labute approximate surface area is 155 Å². The van der Waals surface area contributed by atoms with E-state index in [0.717, 1.165) is 22.6 Å². The zero-order valence-electron chi connectivity index (χ0n) is 14.2. The van der Waals surface area contributed by atoms with E-state index < -0.39 is 5.91 Å². The van der Waals surface area contributed by atoms with Crippen molar-refractivity contribution >= 4 is 17.5 Å². The fraction of sp³-hybridized carbons (Fsp3) is 0.278. The number of rotatable bonds is 8. The predicted octanol–water partition coefficient (Wildman–Crippen LogP) is 2.23. The number of halogens is 1. The lowest BCUT2D eigenvalue weighted by atomic mass is 10.1. The van der Waals surface area contributed by atoms with E-state index in [0.29, 0.717) is 29.6 Å². The Morgan fingerprint density at radius 3 is 2.73 bits per heavy atom. The van der Waals surface area contributed by atoms with Crippen LogP contribution < -0.4 is 30.0 Å². The van der Waals surface area contributed by atoms with Crippen LogP contribution in [-0.4, -0.2) is 26.4 Å². The third-order valence-corrected chi connectivity index (χ3v) is 4.02. The lowest BCUT2D eigenvalue weighted by molar-refractivity contribution is -0.119. The summed E-state index contributed by atoms with van der Waals surface area (Å²) in [6, 6.07) is 9.38. The molecule has 8 heteroatoms. The number of primary amides is 1. The number of amides is 1. The number of hydrogen-bond acceptors (Lipinski definition) is 6. The highest BCUT2D eigenvalue weighted by Gasteiger charge is 2.14.